The van der Waals surface area contributed by atoms with Crippen molar-refractivity contribution < 1.29 is 4.39 Å². The van der Waals surface area contributed by atoms with Crippen LogP contribution >= 0.6 is 0 Å². The summed E-state index contributed by atoms with van der Waals surface area (Å²) >= 11 is 0. The van der Waals surface area contributed by atoms with Crippen molar-refractivity contribution in [2.75, 3.05) is 19.6 Å². The fourth-order valence-electron chi connectivity index (χ4n) is 3.30. The van der Waals surface area contributed by atoms with Crippen LogP contribution in [0.1, 0.15) is 39.2 Å². The zero-order valence-corrected chi connectivity index (χ0v) is 13.6. The quantitative estimate of drug-likeness (QED) is 0.863. The van der Waals surface area contributed by atoms with E-state index in [2.05, 4.69) is 31.0 Å². The molecule has 118 valence electrons. The third-order valence-electron chi connectivity index (χ3n) is 4.96. The number of nitrogens with zero attached hydrogens (tertiary/aromatic N) is 1. The monoisotopic (exact) mass is 292 g/mol. The Bertz CT molecular complexity index is 418. The molecule has 2 nitrogen and oxygen atoms in total. The summed E-state index contributed by atoms with van der Waals surface area (Å²) in [6.07, 6.45) is 3.44. The normalized spacial score (nSPS) is 27.0. The van der Waals surface area contributed by atoms with Gasteiger partial charge in [0.05, 0.1) is 0 Å². The molecular formula is C18H29FN2. The summed E-state index contributed by atoms with van der Waals surface area (Å²) in [6, 6.07) is 8.18. The van der Waals surface area contributed by atoms with Gasteiger partial charge in [-0.25, -0.2) is 4.39 Å². The van der Waals surface area contributed by atoms with Crippen LogP contribution in [0.3, 0.4) is 0 Å². The first-order valence-corrected chi connectivity index (χ1v) is 8.33. The maximum atomic E-state index is 12.9. The highest BCUT2D eigenvalue weighted by atomic mass is 19.1. The molecule has 1 heterocycles. The Kier molecular flexibility index (Phi) is 6.19. The van der Waals surface area contributed by atoms with Crippen molar-refractivity contribution in [3.05, 3.63) is 35.6 Å². The zero-order chi connectivity index (χ0) is 15.2. The minimum absolute atomic E-state index is 0.149. The van der Waals surface area contributed by atoms with Gasteiger partial charge in [0.1, 0.15) is 5.82 Å². The topological polar surface area (TPSA) is 15.3 Å². The van der Waals surface area contributed by atoms with Gasteiger partial charge in [-0.15, -0.1) is 0 Å². The second-order valence-corrected chi connectivity index (χ2v) is 6.36. The van der Waals surface area contributed by atoms with Crippen LogP contribution in [-0.4, -0.2) is 36.6 Å². The van der Waals surface area contributed by atoms with Gasteiger partial charge in [-0.05, 0) is 62.9 Å². The van der Waals surface area contributed by atoms with Crippen LogP contribution in [0.5, 0.6) is 0 Å². The first-order valence-electron chi connectivity index (χ1n) is 8.33. The molecule has 0 bridgehead atoms. The Labute approximate surface area is 128 Å². The van der Waals surface area contributed by atoms with E-state index in [0.717, 1.165) is 26.1 Å². The summed E-state index contributed by atoms with van der Waals surface area (Å²) in [6.45, 7) is 10.3. The van der Waals surface area contributed by atoms with Crippen LogP contribution in [0.4, 0.5) is 4.39 Å². The molecule has 0 aromatic heterocycles. The average molecular weight is 292 g/mol. The number of hydrogen-bond donors (Lipinski definition) is 1. The first-order chi connectivity index (χ1) is 10.1. The van der Waals surface area contributed by atoms with Crippen LogP contribution in [-0.2, 0) is 6.42 Å². The predicted octanol–water partition coefficient (Wildman–Crippen LogP) is 3.47. The molecule has 1 aromatic rings. The zero-order valence-electron chi connectivity index (χ0n) is 13.6. The van der Waals surface area contributed by atoms with Gasteiger partial charge in [0.25, 0.3) is 0 Å². The van der Waals surface area contributed by atoms with Crippen LogP contribution < -0.4 is 5.32 Å². The smallest absolute Gasteiger partial charge is 0.123 e. The van der Waals surface area contributed by atoms with Crippen molar-refractivity contribution in [2.45, 2.75) is 52.1 Å². The molecule has 0 saturated carbocycles. The summed E-state index contributed by atoms with van der Waals surface area (Å²) in [5.41, 5.74) is 1.22. The number of piperidine rings is 1. The molecule has 1 aliphatic rings. The van der Waals surface area contributed by atoms with E-state index in [0.29, 0.717) is 18.0 Å². The highest BCUT2D eigenvalue weighted by Crippen LogP contribution is 2.24. The minimum Gasteiger partial charge on any atom is -0.314 e. The van der Waals surface area contributed by atoms with Crippen molar-refractivity contribution >= 4 is 0 Å². The first kappa shape index (κ1) is 16.4. The molecule has 1 aromatic carbocycles. The lowest BCUT2D eigenvalue weighted by atomic mass is 9.86. The van der Waals surface area contributed by atoms with Crippen LogP contribution in [0.2, 0.25) is 0 Å². The fourth-order valence-corrected chi connectivity index (χ4v) is 3.30. The Balaban J connectivity index is 1.83. The molecule has 1 N–H and O–H groups in total. The SMILES string of the molecule is CCCNC1CCN(CCc2ccc(F)cc2)C(C)C1C. The number of rotatable bonds is 6. The van der Waals surface area contributed by atoms with Crippen LogP contribution in [0.15, 0.2) is 24.3 Å². The summed E-state index contributed by atoms with van der Waals surface area (Å²) in [4.78, 5) is 2.58. The summed E-state index contributed by atoms with van der Waals surface area (Å²) < 4.78 is 12.9. The number of benzene rings is 1. The predicted molar refractivity (Wildman–Crippen MR) is 87.0 cm³/mol. The van der Waals surface area contributed by atoms with E-state index >= 15 is 0 Å². The van der Waals surface area contributed by atoms with Gasteiger partial charge < -0.3 is 5.32 Å². The van der Waals surface area contributed by atoms with Gasteiger partial charge >= 0.3 is 0 Å². The maximum absolute atomic E-state index is 12.9. The molecule has 21 heavy (non-hydrogen) atoms. The van der Waals surface area contributed by atoms with E-state index < -0.39 is 0 Å². The Morgan fingerprint density at radius 2 is 1.95 bits per heavy atom. The highest BCUT2D eigenvalue weighted by Gasteiger charge is 2.31. The molecule has 0 amide bonds. The van der Waals surface area contributed by atoms with Gasteiger partial charge in [-0.3, -0.25) is 4.90 Å². The van der Waals surface area contributed by atoms with Crippen molar-refractivity contribution in [2.24, 2.45) is 5.92 Å². The molecule has 2 rings (SSSR count). The summed E-state index contributed by atoms with van der Waals surface area (Å²) in [7, 11) is 0. The molecule has 0 spiro atoms. The van der Waals surface area contributed by atoms with Gasteiger partial charge in [-0.1, -0.05) is 26.0 Å². The van der Waals surface area contributed by atoms with Crippen molar-refractivity contribution in [1.82, 2.24) is 10.2 Å². The second-order valence-electron chi connectivity index (χ2n) is 6.36. The lowest BCUT2D eigenvalue weighted by Gasteiger charge is -2.43. The van der Waals surface area contributed by atoms with Gasteiger partial charge in [0, 0.05) is 18.6 Å². The maximum Gasteiger partial charge on any atom is 0.123 e. The Hall–Kier alpha value is -0.930. The van der Waals surface area contributed by atoms with Gasteiger partial charge in [0.2, 0.25) is 0 Å². The fraction of sp³-hybridized carbons (Fsp3) is 0.667. The number of hydrogen-bond acceptors (Lipinski definition) is 2. The van der Waals surface area contributed by atoms with E-state index in [1.165, 1.54) is 18.4 Å². The van der Waals surface area contributed by atoms with E-state index in [-0.39, 0.29) is 5.82 Å². The summed E-state index contributed by atoms with van der Waals surface area (Å²) in [5, 5.41) is 3.68. The molecule has 1 saturated heterocycles. The van der Waals surface area contributed by atoms with Crippen molar-refractivity contribution in [3.63, 3.8) is 0 Å². The average Bonchev–Trinajstić information content (AvgIpc) is 2.49. The largest absolute Gasteiger partial charge is 0.314 e. The number of likely N-dealkylation sites (tertiary alicyclic amines) is 1. The second kappa shape index (κ2) is 7.90. The van der Waals surface area contributed by atoms with Crippen LogP contribution in [0.25, 0.3) is 0 Å². The third-order valence-corrected chi connectivity index (χ3v) is 4.96. The van der Waals surface area contributed by atoms with Crippen molar-refractivity contribution in [1.29, 1.82) is 0 Å². The molecular weight excluding hydrogens is 263 g/mol. The van der Waals surface area contributed by atoms with E-state index in [1.54, 1.807) is 12.1 Å². The molecule has 3 unspecified atom stereocenters. The number of halogens is 1. The van der Waals surface area contributed by atoms with E-state index in [1.807, 2.05) is 12.1 Å². The molecule has 3 heteroatoms. The summed E-state index contributed by atoms with van der Waals surface area (Å²) in [5.74, 6) is 0.530. The molecule has 1 aliphatic heterocycles. The van der Waals surface area contributed by atoms with E-state index in [9.17, 15) is 4.39 Å². The molecule has 3 atom stereocenters. The molecule has 0 aliphatic carbocycles. The van der Waals surface area contributed by atoms with Crippen LogP contribution in [0, 0.1) is 11.7 Å². The lowest BCUT2D eigenvalue weighted by Crippen LogP contribution is -2.53. The lowest BCUT2D eigenvalue weighted by molar-refractivity contribution is 0.0861. The van der Waals surface area contributed by atoms with E-state index in [4.69, 9.17) is 0 Å². The molecule has 1 fully saturated rings. The highest BCUT2D eigenvalue weighted by molar-refractivity contribution is 5.16. The Morgan fingerprint density at radius 3 is 2.62 bits per heavy atom. The number of nitrogens with one attached hydrogen (secondary N) is 1. The molecule has 0 radical (unpaired) electrons. The Morgan fingerprint density at radius 1 is 1.24 bits per heavy atom. The van der Waals surface area contributed by atoms with Gasteiger partial charge in [0.15, 0.2) is 0 Å². The standard InChI is InChI=1S/C18H29FN2/c1-4-11-20-18-10-13-21(15(3)14(18)2)12-9-16-5-7-17(19)8-6-16/h5-8,14-15,18,20H,4,9-13H2,1-3H3. The van der Waals surface area contributed by atoms with Crippen molar-refractivity contribution in [3.8, 4) is 0 Å². The third kappa shape index (κ3) is 4.52. The van der Waals surface area contributed by atoms with Gasteiger partial charge in [-0.2, -0.15) is 0 Å². The minimum atomic E-state index is -0.149.